The zero-order valence-corrected chi connectivity index (χ0v) is 15.2. The average molecular weight is 339 g/mol. The molecule has 3 aromatic heterocycles. The van der Waals surface area contributed by atoms with E-state index >= 15 is 0 Å². The molecule has 9 heteroatoms. The first-order chi connectivity index (χ1) is 10.7. The zero-order chi connectivity index (χ0) is 15.4. The van der Waals surface area contributed by atoms with Crippen LogP contribution in [0.25, 0.3) is 11.4 Å². The predicted molar refractivity (Wildman–Crippen MR) is 85.2 cm³/mol. The van der Waals surface area contributed by atoms with Gasteiger partial charge in [0.05, 0.1) is 18.6 Å². The van der Waals surface area contributed by atoms with Crippen LogP contribution in [0, 0.1) is 0 Å². The van der Waals surface area contributed by atoms with Crippen LogP contribution in [0.3, 0.4) is 0 Å². The summed E-state index contributed by atoms with van der Waals surface area (Å²) in [5.74, 6) is 0.378. The van der Waals surface area contributed by atoms with Crippen molar-refractivity contribution in [3.8, 4) is 11.4 Å². The molecule has 0 fully saturated rings. The summed E-state index contributed by atoms with van der Waals surface area (Å²) in [6.45, 7) is 0.423. The molecule has 7 nitrogen and oxygen atoms in total. The van der Waals surface area contributed by atoms with Gasteiger partial charge in [-0.3, -0.25) is 14.3 Å². The van der Waals surface area contributed by atoms with Crippen LogP contribution >= 0.6 is 11.8 Å². The molecule has 0 aliphatic rings. The fraction of sp³-hybridized carbons (Fsp3) is 0.143. The minimum Gasteiger partial charge on any atom is -0.481 e. The van der Waals surface area contributed by atoms with E-state index in [2.05, 4.69) is 15.2 Å². The number of rotatable bonds is 6. The predicted octanol–water partition coefficient (Wildman–Crippen LogP) is 1.78. The second-order valence-electron chi connectivity index (χ2n) is 4.40. The number of furan rings is 1. The number of hydrogen-bond acceptors (Lipinski definition) is 6. The van der Waals surface area contributed by atoms with Crippen molar-refractivity contribution in [3.05, 3.63) is 48.7 Å². The molecule has 1 N–H and O–H groups in total. The Morgan fingerprint density at radius 3 is 2.83 bits per heavy atom. The monoisotopic (exact) mass is 339 g/mol. The molecule has 0 saturated carbocycles. The molecule has 0 bridgehead atoms. The maximum atomic E-state index is 10.8. The van der Waals surface area contributed by atoms with Crippen LogP contribution in [0.1, 0.15) is 5.76 Å². The molecule has 0 spiro atoms. The van der Waals surface area contributed by atoms with Gasteiger partial charge in [-0.15, -0.1) is 10.2 Å². The molecule has 0 aliphatic heterocycles. The van der Waals surface area contributed by atoms with Gasteiger partial charge in [0, 0.05) is 47.5 Å². The van der Waals surface area contributed by atoms with Crippen molar-refractivity contribution in [1.29, 1.82) is 0 Å². The SMILES string of the molecule is O=C(O)CSc1nnc(-c2cccnc2)n1Cc1ccco1.[Na]. The van der Waals surface area contributed by atoms with Gasteiger partial charge in [0.15, 0.2) is 11.0 Å². The van der Waals surface area contributed by atoms with Gasteiger partial charge in [-0.2, -0.15) is 0 Å². The van der Waals surface area contributed by atoms with Gasteiger partial charge in [-0.1, -0.05) is 11.8 Å². The molecule has 0 saturated heterocycles. The van der Waals surface area contributed by atoms with E-state index in [-0.39, 0.29) is 35.3 Å². The van der Waals surface area contributed by atoms with Gasteiger partial charge < -0.3 is 9.52 Å². The fourth-order valence-electron chi connectivity index (χ4n) is 1.93. The number of pyridine rings is 1. The van der Waals surface area contributed by atoms with Gasteiger partial charge >= 0.3 is 5.97 Å². The summed E-state index contributed by atoms with van der Waals surface area (Å²) in [5, 5.41) is 17.6. The molecular weight excluding hydrogens is 327 g/mol. The van der Waals surface area contributed by atoms with Crippen LogP contribution in [-0.2, 0) is 11.3 Å². The number of aromatic nitrogens is 4. The summed E-state index contributed by atoms with van der Waals surface area (Å²) in [6.07, 6.45) is 4.96. The van der Waals surface area contributed by atoms with E-state index in [9.17, 15) is 4.79 Å². The largest absolute Gasteiger partial charge is 0.481 e. The van der Waals surface area contributed by atoms with E-state index in [1.54, 1.807) is 24.7 Å². The normalized spacial score (nSPS) is 10.3. The van der Waals surface area contributed by atoms with Crippen molar-refractivity contribution in [1.82, 2.24) is 19.7 Å². The van der Waals surface area contributed by atoms with Crippen LogP contribution in [-0.4, -0.2) is 66.1 Å². The van der Waals surface area contributed by atoms with Crippen molar-refractivity contribution in [3.63, 3.8) is 0 Å². The summed E-state index contributed by atoms with van der Waals surface area (Å²) in [4.78, 5) is 14.8. The van der Waals surface area contributed by atoms with Gasteiger partial charge in [0.2, 0.25) is 0 Å². The fourth-order valence-corrected chi connectivity index (χ4v) is 2.59. The van der Waals surface area contributed by atoms with Crippen LogP contribution in [0.5, 0.6) is 0 Å². The molecule has 3 rings (SSSR count). The van der Waals surface area contributed by atoms with Crippen molar-refractivity contribution in [2.45, 2.75) is 11.7 Å². The molecule has 1 radical (unpaired) electrons. The Hall–Kier alpha value is -1.61. The quantitative estimate of drug-likeness (QED) is 0.540. The second kappa shape index (κ2) is 8.30. The van der Waals surface area contributed by atoms with Gasteiger partial charge in [0.1, 0.15) is 5.76 Å². The molecule has 0 atom stereocenters. The third-order valence-electron chi connectivity index (χ3n) is 2.86. The van der Waals surface area contributed by atoms with Crippen LogP contribution in [0.15, 0.2) is 52.5 Å². The molecule has 3 heterocycles. The Bertz CT molecular complexity index is 762. The molecular formula is C14H12N4NaO3S. The van der Waals surface area contributed by atoms with Crippen molar-refractivity contribution in [2.24, 2.45) is 0 Å². The van der Waals surface area contributed by atoms with Crippen molar-refractivity contribution in [2.75, 3.05) is 5.75 Å². The molecule has 3 aromatic rings. The van der Waals surface area contributed by atoms with Gasteiger partial charge in [-0.05, 0) is 24.3 Å². The van der Waals surface area contributed by atoms with Crippen LogP contribution in [0.2, 0.25) is 0 Å². The number of nitrogens with zero attached hydrogens (tertiary/aromatic N) is 4. The number of carboxylic acids is 1. The third-order valence-corrected chi connectivity index (χ3v) is 3.81. The van der Waals surface area contributed by atoms with Crippen molar-refractivity contribution < 1.29 is 14.3 Å². The van der Waals surface area contributed by atoms with Crippen LogP contribution < -0.4 is 0 Å². The average Bonchev–Trinajstić information content (AvgIpc) is 3.16. The summed E-state index contributed by atoms with van der Waals surface area (Å²) in [5.41, 5.74) is 0.809. The number of hydrogen-bond donors (Lipinski definition) is 1. The van der Waals surface area contributed by atoms with E-state index in [4.69, 9.17) is 9.52 Å². The standard InChI is InChI=1S/C14H12N4O3S.Na/c19-12(20)9-22-14-17-16-13(10-3-1-5-15-7-10)18(14)8-11-4-2-6-21-11;/h1-7H,8-9H2,(H,19,20);. The van der Waals surface area contributed by atoms with E-state index in [1.807, 2.05) is 22.8 Å². The van der Waals surface area contributed by atoms with E-state index in [0.29, 0.717) is 17.5 Å². The Kier molecular flexibility index (Phi) is 6.40. The first-order valence-corrected chi connectivity index (χ1v) is 7.43. The molecule has 0 aromatic carbocycles. The minimum atomic E-state index is -0.902. The van der Waals surface area contributed by atoms with Gasteiger partial charge in [0.25, 0.3) is 0 Å². The maximum absolute atomic E-state index is 10.8. The topological polar surface area (TPSA) is 94.0 Å². The smallest absolute Gasteiger partial charge is 0.313 e. The zero-order valence-electron chi connectivity index (χ0n) is 12.4. The van der Waals surface area contributed by atoms with E-state index in [0.717, 1.165) is 23.1 Å². The first kappa shape index (κ1) is 17.7. The van der Waals surface area contributed by atoms with Gasteiger partial charge in [-0.25, -0.2) is 0 Å². The van der Waals surface area contributed by atoms with Crippen molar-refractivity contribution >= 4 is 47.3 Å². The van der Waals surface area contributed by atoms with E-state index < -0.39 is 5.97 Å². The summed E-state index contributed by atoms with van der Waals surface area (Å²) in [6, 6.07) is 7.33. The first-order valence-electron chi connectivity index (χ1n) is 6.44. The second-order valence-corrected chi connectivity index (χ2v) is 5.34. The minimum absolute atomic E-state index is 0. The maximum Gasteiger partial charge on any atom is 0.313 e. The molecule has 0 aliphatic carbocycles. The molecule has 23 heavy (non-hydrogen) atoms. The third kappa shape index (κ3) is 4.44. The number of carboxylic acid groups (broad SMARTS) is 1. The van der Waals surface area contributed by atoms with Crippen LogP contribution in [0.4, 0.5) is 0 Å². The summed E-state index contributed by atoms with van der Waals surface area (Å²) >= 11 is 1.12. The summed E-state index contributed by atoms with van der Waals surface area (Å²) < 4.78 is 7.18. The molecule has 0 unspecified atom stereocenters. The Morgan fingerprint density at radius 1 is 1.30 bits per heavy atom. The van der Waals surface area contributed by atoms with E-state index in [1.165, 1.54) is 0 Å². The Labute approximate surface area is 158 Å². The summed E-state index contributed by atoms with van der Waals surface area (Å²) in [7, 11) is 0. The molecule has 113 valence electrons. The number of carbonyl (C=O) groups is 1. The molecule has 0 amide bonds. The Balaban J connectivity index is 0.00000192. The Morgan fingerprint density at radius 2 is 2.17 bits per heavy atom. The number of aliphatic carboxylic acids is 1. The number of thioether (sulfide) groups is 1.